The number of morpholine rings is 1. The van der Waals surface area contributed by atoms with Gasteiger partial charge in [-0.25, -0.2) is 9.38 Å². The van der Waals surface area contributed by atoms with Crippen molar-refractivity contribution in [1.82, 2.24) is 4.90 Å². The van der Waals surface area contributed by atoms with Gasteiger partial charge in [-0.2, -0.15) is 13.2 Å². The van der Waals surface area contributed by atoms with Crippen molar-refractivity contribution in [2.75, 3.05) is 32.1 Å². The molecule has 0 aromatic heterocycles. The van der Waals surface area contributed by atoms with Gasteiger partial charge in [0.15, 0.2) is 0 Å². The maximum Gasteiger partial charge on any atom is 0.398 e. The first-order valence-corrected chi connectivity index (χ1v) is 10.2. The van der Waals surface area contributed by atoms with Gasteiger partial charge >= 0.3 is 6.18 Å². The summed E-state index contributed by atoms with van der Waals surface area (Å²) in [6.07, 6.45) is -4.30. The van der Waals surface area contributed by atoms with E-state index in [1.54, 1.807) is 6.92 Å². The van der Waals surface area contributed by atoms with E-state index in [0.29, 0.717) is 54.4 Å². The molecule has 2 aromatic carbocycles. The molecule has 0 atom stereocenters. The second-order valence-electron chi connectivity index (χ2n) is 6.87. The second-order valence-corrected chi connectivity index (χ2v) is 7.89. The number of benzene rings is 2. The zero-order valence-electron chi connectivity index (χ0n) is 16.2. The largest absolute Gasteiger partial charge is 0.398 e. The van der Waals surface area contributed by atoms with Gasteiger partial charge in [0.25, 0.3) is 0 Å². The van der Waals surface area contributed by atoms with Crippen LogP contribution in [0, 0.1) is 19.7 Å². The van der Waals surface area contributed by atoms with E-state index < -0.39 is 17.7 Å². The summed E-state index contributed by atoms with van der Waals surface area (Å²) < 4.78 is 57.9. The first kappa shape index (κ1) is 21.6. The van der Waals surface area contributed by atoms with Crippen LogP contribution in [-0.2, 0) is 4.74 Å². The second kappa shape index (κ2) is 9.17. The number of hydrogen-bond donors (Lipinski definition) is 0. The highest BCUT2D eigenvalue weighted by Gasteiger charge is 2.28. The molecule has 0 spiro atoms. The molecule has 0 bridgehead atoms. The molecule has 0 amide bonds. The maximum atomic E-state index is 14.6. The third-order valence-corrected chi connectivity index (χ3v) is 5.70. The summed E-state index contributed by atoms with van der Waals surface area (Å²) in [6.45, 7) is 5.85. The summed E-state index contributed by atoms with van der Waals surface area (Å²) in [5.41, 5.74) is 2.39. The van der Waals surface area contributed by atoms with Crippen molar-refractivity contribution < 1.29 is 22.3 Å². The Labute approximate surface area is 171 Å². The Balaban J connectivity index is 2.00. The lowest BCUT2D eigenvalue weighted by Crippen LogP contribution is -2.41. The molecule has 3 nitrogen and oxygen atoms in total. The topological polar surface area (TPSA) is 24.8 Å². The smallest absolute Gasteiger partial charge is 0.378 e. The van der Waals surface area contributed by atoms with E-state index >= 15 is 0 Å². The van der Waals surface area contributed by atoms with Crippen LogP contribution in [0.4, 0.5) is 23.2 Å². The fourth-order valence-electron chi connectivity index (χ4n) is 2.95. The molecule has 3 rings (SSSR count). The quantitative estimate of drug-likeness (QED) is 0.279. The van der Waals surface area contributed by atoms with Crippen molar-refractivity contribution in [1.29, 1.82) is 0 Å². The molecular formula is C21H22F4N2OS. The van der Waals surface area contributed by atoms with E-state index in [9.17, 15) is 17.6 Å². The molecule has 29 heavy (non-hydrogen) atoms. The Bertz CT molecular complexity index is 875. The fraction of sp³-hybridized carbons (Fsp3) is 0.381. The molecule has 0 aliphatic carbocycles. The van der Waals surface area contributed by atoms with Crippen molar-refractivity contribution in [3.63, 3.8) is 0 Å². The van der Waals surface area contributed by atoms with E-state index in [-0.39, 0.29) is 5.69 Å². The van der Waals surface area contributed by atoms with Crippen molar-refractivity contribution in [2.24, 2.45) is 4.99 Å². The molecule has 0 unspecified atom stereocenters. The Morgan fingerprint density at radius 1 is 1.10 bits per heavy atom. The molecule has 0 saturated carbocycles. The van der Waals surface area contributed by atoms with Gasteiger partial charge in [-0.05, 0) is 31.5 Å². The van der Waals surface area contributed by atoms with Crippen LogP contribution in [-0.4, -0.2) is 49.0 Å². The molecular weight excluding hydrogens is 404 g/mol. The lowest BCUT2D eigenvalue weighted by Gasteiger charge is -2.30. The van der Waals surface area contributed by atoms with Crippen LogP contribution < -0.4 is 0 Å². The minimum atomic E-state index is -4.30. The third kappa shape index (κ3) is 5.96. The molecule has 1 fully saturated rings. The summed E-state index contributed by atoms with van der Waals surface area (Å²) in [5, 5.41) is 0. The monoisotopic (exact) mass is 426 g/mol. The predicted octanol–water partition coefficient (Wildman–Crippen LogP) is 5.51. The van der Waals surface area contributed by atoms with Crippen molar-refractivity contribution in [2.45, 2.75) is 24.9 Å². The van der Waals surface area contributed by atoms with Crippen LogP contribution >= 0.6 is 11.8 Å². The number of aliphatic imine (C=N–C) groups is 1. The molecule has 8 heteroatoms. The highest BCUT2D eigenvalue weighted by molar-refractivity contribution is 7.99. The number of nitrogens with zero attached hydrogens (tertiary/aromatic N) is 2. The van der Waals surface area contributed by atoms with Crippen LogP contribution in [0.3, 0.4) is 0 Å². The number of amidine groups is 1. The number of ether oxygens (including phenoxy) is 1. The Kier molecular flexibility index (Phi) is 6.85. The van der Waals surface area contributed by atoms with Gasteiger partial charge in [0, 0.05) is 23.5 Å². The Hall–Kier alpha value is -2.06. The molecule has 2 aromatic rings. The van der Waals surface area contributed by atoms with Crippen molar-refractivity contribution >= 4 is 23.3 Å². The normalized spacial score (nSPS) is 15.7. The molecule has 0 radical (unpaired) electrons. The lowest BCUT2D eigenvalue weighted by atomic mass is 10.1. The highest BCUT2D eigenvalue weighted by atomic mass is 32.2. The summed E-state index contributed by atoms with van der Waals surface area (Å²) in [5.74, 6) is -1.00. The van der Waals surface area contributed by atoms with Crippen LogP contribution in [0.5, 0.6) is 0 Å². The average molecular weight is 426 g/mol. The number of halogens is 4. The van der Waals surface area contributed by atoms with Gasteiger partial charge in [-0.15, -0.1) is 11.8 Å². The average Bonchev–Trinajstić information content (AvgIpc) is 2.67. The van der Waals surface area contributed by atoms with Gasteiger partial charge in [0.05, 0.1) is 19.0 Å². The Morgan fingerprint density at radius 2 is 1.76 bits per heavy atom. The summed E-state index contributed by atoms with van der Waals surface area (Å²) in [7, 11) is 0. The Morgan fingerprint density at radius 3 is 2.38 bits per heavy atom. The van der Waals surface area contributed by atoms with Crippen LogP contribution in [0.2, 0.25) is 0 Å². The summed E-state index contributed by atoms with van der Waals surface area (Å²) in [4.78, 5) is 6.92. The number of alkyl halides is 3. The van der Waals surface area contributed by atoms with Crippen molar-refractivity contribution in [3.8, 4) is 0 Å². The maximum absolute atomic E-state index is 14.6. The number of hydrogen-bond acceptors (Lipinski definition) is 3. The third-order valence-electron chi connectivity index (χ3n) is 4.48. The lowest BCUT2D eigenvalue weighted by molar-refractivity contribution is -0.105. The molecule has 1 saturated heterocycles. The minimum Gasteiger partial charge on any atom is -0.378 e. The van der Waals surface area contributed by atoms with E-state index in [0.717, 1.165) is 11.1 Å². The number of thioether (sulfide) groups is 1. The standard InChI is InChI=1S/C21H22F4N2OS/c1-14-3-5-16(6-4-14)20(27-7-9-28-10-8-27)26-18-12-19(15(2)11-17(18)22)29-13-21(23,24)25/h3-6,11-12H,7-10,13H2,1-2H3. The van der Waals surface area contributed by atoms with Gasteiger partial charge < -0.3 is 9.64 Å². The van der Waals surface area contributed by atoms with Gasteiger partial charge in [-0.3, -0.25) is 0 Å². The van der Waals surface area contributed by atoms with Gasteiger partial charge in [0.2, 0.25) is 0 Å². The zero-order valence-corrected chi connectivity index (χ0v) is 17.0. The first-order chi connectivity index (χ1) is 13.7. The van der Waals surface area contributed by atoms with Crippen LogP contribution in [0.1, 0.15) is 16.7 Å². The first-order valence-electron chi connectivity index (χ1n) is 9.21. The predicted molar refractivity (Wildman–Crippen MR) is 108 cm³/mol. The summed E-state index contributed by atoms with van der Waals surface area (Å²) in [6, 6.07) is 10.4. The molecule has 156 valence electrons. The van der Waals surface area contributed by atoms with E-state index in [1.807, 2.05) is 36.1 Å². The molecule has 1 aliphatic rings. The van der Waals surface area contributed by atoms with E-state index in [1.165, 1.54) is 12.1 Å². The highest BCUT2D eigenvalue weighted by Crippen LogP contribution is 2.34. The van der Waals surface area contributed by atoms with Crippen molar-refractivity contribution in [3.05, 3.63) is 58.9 Å². The molecule has 1 heterocycles. The van der Waals surface area contributed by atoms with Gasteiger partial charge in [-0.1, -0.05) is 29.8 Å². The van der Waals surface area contributed by atoms with Gasteiger partial charge in [0.1, 0.15) is 17.3 Å². The fourth-order valence-corrected chi connectivity index (χ4v) is 3.75. The minimum absolute atomic E-state index is 0.0299. The van der Waals surface area contributed by atoms with Crippen LogP contribution in [0.15, 0.2) is 46.3 Å². The molecule has 0 N–H and O–H groups in total. The zero-order chi connectivity index (χ0) is 21.0. The number of rotatable bonds is 4. The SMILES string of the molecule is Cc1ccc(C(=Nc2cc(SCC(F)(F)F)c(C)cc2F)N2CCOCC2)cc1. The summed E-state index contributed by atoms with van der Waals surface area (Å²) >= 11 is 0.643. The number of aryl methyl sites for hydroxylation is 2. The van der Waals surface area contributed by atoms with E-state index in [2.05, 4.69) is 4.99 Å². The van der Waals surface area contributed by atoms with Crippen LogP contribution in [0.25, 0.3) is 0 Å². The molecule has 1 aliphatic heterocycles. The van der Waals surface area contributed by atoms with E-state index in [4.69, 9.17) is 4.74 Å².